The number of carbonyl (C=O) groups is 1. The molecule has 11 heteroatoms. The number of ether oxygens (including phenoxy) is 1. The van der Waals surface area contributed by atoms with Crippen molar-refractivity contribution in [2.45, 2.75) is 80.9 Å². The van der Waals surface area contributed by atoms with E-state index in [1.807, 2.05) is 11.3 Å². The highest BCUT2D eigenvalue weighted by atomic mass is 35.5. The van der Waals surface area contributed by atoms with Crippen LogP contribution in [0.15, 0.2) is 40.6 Å². The Kier molecular flexibility index (Phi) is 12.0. The van der Waals surface area contributed by atoms with Crippen molar-refractivity contribution in [2.75, 3.05) is 34.3 Å². The summed E-state index contributed by atoms with van der Waals surface area (Å²) in [6.45, 7) is 0.569. The Labute approximate surface area is 259 Å². The third-order valence-corrected chi connectivity index (χ3v) is 12.3. The molecule has 0 bridgehead atoms. The fourth-order valence-corrected chi connectivity index (χ4v) is 9.29. The Hall–Kier alpha value is -1.20. The first-order valence-corrected chi connectivity index (χ1v) is 17.7. The van der Waals surface area contributed by atoms with Crippen molar-refractivity contribution in [1.82, 2.24) is 14.5 Å². The zero-order chi connectivity index (χ0) is 29.6. The molecule has 7 nitrogen and oxygen atoms in total. The fraction of sp³-hybridized carbons (Fsp3) is 0.633. The second-order valence-electron chi connectivity index (χ2n) is 11.6. The first kappa shape index (κ1) is 32.7. The number of amides is 1. The molecule has 2 aliphatic carbocycles. The second kappa shape index (κ2) is 15.0. The number of halogens is 2. The number of benzene rings is 1. The van der Waals surface area contributed by atoms with Crippen LogP contribution >= 0.6 is 34.5 Å². The summed E-state index contributed by atoms with van der Waals surface area (Å²) in [5, 5.41) is 5.69. The number of sulfonamides is 1. The summed E-state index contributed by atoms with van der Waals surface area (Å²) in [5.41, 5.74) is 0. The normalized spacial score (nSPS) is 24.5. The molecule has 1 aromatic heterocycles. The van der Waals surface area contributed by atoms with Crippen LogP contribution in [-0.2, 0) is 19.6 Å². The molecule has 2 fully saturated rings. The molecule has 3 atom stereocenters. The van der Waals surface area contributed by atoms with Gasteiger partial charge in [0.05, 0.1) is 27.1 Å². The Morgan fingerprint density at radius 2 is 1.78 bits per heavy atom. The molecule has 0 radical (unpaired) electrons. The lowest BCUT2D eigenvalue weighted by atomic mass is 9.76. The largest absolute Gasteiger partial charge is 0.367 e. The van der Waals surface area contributed by atoms with E-state index in [9.17, 15) is 13.2 Å². The number of carbonyl (C=O) groups excluding carboxylic acids is 1. The number of likely N-dealkylation sites (N-methyl/N-ethyl adjacent to an activating group) is 1. The zero-order valence-electron chi connectivity index (χ0n) is 24.2. The van der Waals surface area contributed by atoms with Crippen LogP contribution in [0, 0.1) is 11.8 Å². The Morgan fingerprint density at radius 3 is 2.44 bits per heavy atom. The molecular formula is C30H43Cl2N3O4S2. The van der Waals surface area contributed by atoms with Gasteiger partial charge in [0, 0.05) is 24.5 Å². The maximum Gasteiger partial charge on any atom is 0.246 e. The fourth-order valence-electron chi connectivity index (χ4n) is 6.48. The summed E-state index contributed by atoms with van der Waals surface area (Å²) in [6.07, 6.45) is 8.66. The minimum absolute atomic E-state index is 0.0695. The van der Waals surface area contributed by atoms with Gasteiger partial charge >= 0.3 is 0 Å². The lowest BCUT2D eigenvalue weighted by Crippen LogP contribution is -2.48. The minimum Gasteiger partial charge on any atom is -0.367 e. The molecule has 1 aromatic carbocycles. The van der Waals surface area contributed by atoms with Crippen LogP contribution in [0.3, 0.4) is 0 Å². The van der Waals surface area contributed by atoms with E-state index in [-0.39, 0.29) is 34.6 Å². The predicted molar refractivity (Wildman–Crippen MR) is 167 cm³/mol. The Balaban J connectivity index is 1.21. The molecule has 1 heterocycles. The molecule has 2 aromatic rings. The van der Waals surface area contributed by atoms with E-state index >= 15 is 0 Å². The van der Waals surface area contributed by atoms with Crippen molar-refractivity contribution in [2.24, 2.45) is 11.8 Å². The van der Waals surface area contributed by atoms with Gasteiger partial charge in [-0.1, -0.05) is 55.0 Å². The van der Waals surface area contributed by atoms with E-state index in [0.717, 1.165) is 19.3 Å². The molecule has 0 aliphatic heterocycles. The van der Waals surface area contributed by atoms with Gasteiger partial charge in [-0.25, -0.2) is 8.42 Å². The lowest BCUT2D eigenvalue weighted by molar-refractivity contribution is -0.129. The van der Waals surface area contributed by atoms with Crippen LogP contribution in [-0.4, -0.2) is 70.0 Å². The van der Waals surface area contributed by atoms with E-state index in [2.05, 4.69) is 41.8 Å². The molecule has 2 aliphatic rings. The SMILES string of the molecule is CN(C)C(c1cccs1)C1CCC(CCNC(=O)COC2CCCCC2N(C)S(=O)(=O)c2ccc(Cl)c(Cl)c2)CC1. The predicted octanol–water partition coefficient (Wildman–Crippen LogP) is 6.62. The average Bonchev–Trinajstić information content (AvgIpc) is 3.48. The van der Waals surface area contributed by atoms with Gasteiger partial charge in [0.1, 0.15) is 6.61 Å². The Morgan fingerprint density at radius 1 is 1.05 bits per heavy atom. The highest BCUT2D eigenvalue weighted by molar-refractivity contribution is 7.89. The standard InChI is InChI=1S/C30H43Cl2N3O4S2/c1-34(2)30(28-9-6-18-40-28)22-12-10-21(11-13-22)16-17-33-29(36)20-39-27-8-5-4-7-26(27)35(3)41(37,38)23-14-15-24(31)25(32)19-23/h6,9,14-15,18-19,21-22,26-27,30H,4-5,7-8,10-13,16-17,20H2,1-3H3,(H,33,36). The number of nitrogens with zero attached hydrogens (tertiary/aromatic N) is 2. The summed E-state index contributed by atoms with van der Waals surface area (Å²) in [5.74, 6) is 1.15. The molecule has 41 heavy (non-hydrogen) atoms. The number of nitrogens with one attached hydrogen (secondary N) is 1. The van der Waals surface area contributed by atoms with Crippen LogP contribution in [0.4, 0.5) is 0 Å². The zero-order valence-corrected chi connectivity index (χ0v) is 27.4. The van der Waals surface area contributed by atoms with E-state index < -0.39 is 10.0 Å². The lowest BCUT2D eigenvalue weighted by Gasteiger charge is -2.37. The number of hydrogen-bond donors (Lipinski definition) is 1. The second-order valence-corrected chi connectivity index (χ2v) is 15.4. The van der Waals surface area contributed by atoms with Crippen molar-refractivity contribution >= 4 is 50.5 Å². The van der Waals surface area contributed by atoms with Gasteiger partial charge in [-0.2, -0.15) is 4.31 Å². The van der Waals surface area contributed by atoms with E-state index in [1.165, 1.54) is 53.1 Å². The van der Waals surface area contributed by atoms with Crippen molar-refractivity contribution in [3.63, 3.8) is 0 Å². The molecular weight excluding hydrogens is 601 g/mol. The third kappa shape index (κ3) is 8.46. The summed E-state index contributed by atoms with van der Waals surface area (Å²) < 4.78 is 34.0. The van der Waals surface area contributed by atoms with Crippen LogP contribution < -0.4 is 5.32 Å². The van der Waals surface area contributed by atoms with Gasteiger partial charge in [-0.05, 0) is 87.7 Å². The number of thiophene rings is 1. The molecule has 0 saturated heterocycles. The topological polar surface area (TPSA) is 79.0 Å². The molecule has 1 amide bonds. The molecule has 1 N–H and O–H groups in total. The smallest absolute Gasteiger partial charge is 0.246 e. The van der Waals surface area contributed by atoms with Gasteiger partial charge in [0.25, 0.3) is 0 Å². The van der Waals surface area contributed by atoms with Crippen molar-refractivity contribution < 1.29 is 17.9 Å². The van der Waals surface area contributed by atoms with E-state index in [1.54, 1.807) is 7.05 Å². The highest BCUT2D eigenvalue weighted by Gasteiger charge is 2.36. The van der Waals surface area contributed by atoms with Crippen molar-refractivity contribution in [3.8, 4) is 0 Å². The van der Waals surface area contributed by atoms with Crippen LogP contribution in [0.25, 0.3) is 0 Å². The number of rotatable bonds is 12. The number of hydrogen-bond acceptors (Lipinski definition) is 6. The van der Waals surface area contributed by atoms with E-state index in [0.29, 0.717) is 42.3 Å². The third-order valence-electron chi connectivity index (χ3n) is 8.74. The maximum absolute atomic E-state index is 13.3. The molecule has 4 rings (SSSR count). The summed E-state index contributed by atoms with van der Waals surface area (Å²) in [4.78, 5) is 16.5. The van der Waals surface area contributed by atoms with Crippen LogP contribution in [0.5, 0.6) is 0 Å². The molecule has 228 valence electrons. The van der Waals surface area contributed by atoms with Gasteiger partial charge in [-0.15, -0.1) is 11.3 Å². The van der Waals surface area contributed by atoms with Gasteiger partial charge < -0.3 is 15.0 Å². The van der Waals surface area contributed by atoms with E-state index in [4.69, 9.17) is 27.9 Å². The highest BCUT2D eigenvalue weighted by Crippen LogP contribution is 2.41. The molecule has 2 saturated carbocycles. The van der Waals surface area contributed by atoms with Crippen molar-refractivity contribution in [3.05, 3.63) is 50.6 Å². The Bertz CT molecular complexity index is 1230. The first-order chi connectivity index (χ1) is 19.6. The monoisotopic (exact) mass is 643 g/mol. The molecule has 3 unspecified atom stereocenters. The van der Waals surface area contributed by atoms with Gasteiger partial charge in [-0.3, -0.25) is 4.79 Å². The molecule has 0 spiro atoms. The van der Waals surface area contributed by atoms with Gasteiger partial charge in [0.2, 0.25) is 15.9 Å². The maximum atomic E-state index is 13.3. The first-order valence-electron chi connectivity index (χ1n) is 14.6. The summed E-state index contributed by atoms with van der Waals surface area (Å²) in [6, 6.07) is 8.84. The van der Waals surface area contributed by atoms with Gasteiger partial charge in [0.15, 0.2) is 0 Å². The van der Waals surface area contributed by atoms with Crippen LogP contribution in [0.2, 0.25) is 10.0 Å². The van der Waals surface area contributed by atoms with Crippen LogP contribution in [0.1, 0.15) is 68.7 Å². The summed E-state index contributed by atoms with van der Waals surface area (Å²) in [7, 11) is 2.13. The average molecular weight is 645 g/mol. The quantitative estimate of drug-likeness (QED) is 0.281. The van der Waals surface area contributed by atoms with Crippen molar-refractivity contribution in [1.29, 1.82) is 0 Å². The summed E-state index contributed by atoms with van der Waals surface area (Å²) >= 11 is 13.9. The minimum atomic E-state index is -3.80.